The number of carboxylic acid groups (broad SMARTS) is 1. The number of carbonyl (C=O) groups is 3. The van der Waals surface area contributed by atoms with Crippen molar-refractivity contribution in [3.8, 4) is 0 Å². The molecular weight excluding hydrogens is 526 g/mol. The second-order valence-electron chi connectivity index (χ2n) is 7.13. The Bertz CT molecular complexity index is 1280. The summed E-state index contributed by atoms with van der Waals surface area (Å²) in [5.74, 6) is -2.26. The number of hydrogen-bond acceptors (Lipinski definition) is 12. The van der Waals surface area contributed by atoms with Gasteiger partial charge in [-0.15, -0.1) is 11.8 Å². The number of pyridine rings is 1. The van der Waals surface area contributed by atoms with Crippen molar-refractivity contribution in [3.63, 3.8) is 0 Å². The van der Waals surface area contributed by atoms with Crippen molar-refractivity contribution >= 4 is 63.7 Å². The normalized spacial score (nSPS) is 19.6. The third-order valence-electron chi connectivity index (χ3n) is 4.81. The van der Waals surface area contributed by atoms with Gasteiger partial charge in [-0.3, -0.25) is 19.5 Å². The van der Waals surface area contributed by atoms with Gasteiger partial charge in [0.1, 0.15) is 23.7 Å². The van der Waals surface area contributed by atoms with E-state index in [4.69, 9.17) is 10.6 Å². The van der Waals surface area contributed by atoms with Crippen LogP contribution in [0.1, 0.15) is 5.82 Å². The maximum atomic E-state index is 12.9. The minimum atomic E-state index is -1.23. The summed E-state index contributed by atoms with van der Waals surface area (Å²) in [6, 6.07) is 2.71. The lowest BCUT2D eigenvalue weighted by molar-refractivity contribution is -0.150. The topological polar surface area (TPSA) is 173 Å². The first-order chi connectivity index (χ1) is 17.4. The maximum absolute atomic E-state index is 12.9. The Hall–Kier alpha value is -3.69. The van der Waals surface area contributed by atoms with E-state index in [2.05, 4.69) is 31.4 Å². The fourth-order valence-corrected chi connectivity index (χ4v) is 5.68. The van der Waals surface area contributed by atoms with Crippen LogP contribution in [0.15, 0.2) is 70.0 Å². The predicted molar refractivity (Wildman–Crippen MR) is 136 cm³/mol. The van der Waals surface area contributed by atoms with E-state index in [1.54, 1.807) is 29.9 Å². The van der Waals surface area contributed by atoms with E-state index in [9.17, 15) is 19.5 Å². The van der Waals surface area contributed by atoms with E-state index in [0.29, 0.717) is 11.3 Å². The molecular formula is C21H19N7O5S3. The number of amides is 2. The summed E-state index contributed by atoms with van der Waals surface area (Å²) in [4.78, 5) is 53.0. The van der Waals surface area contributed by atoms with Gasteiger partial charge in [-0.25, -0.2) is 4.79 Å². The van der Waals surface area contributed by atoms with E-state index in [1.807, 2.05) is 6.07 Å². The molecule has 36 heavy (non-hydrogen) atoms. The van der Waals surface area contributed by atoms with Gasteiger partial charge < -0.3 is 21.0 Å². The number of nitrogens with one attached hydrogen (secondary N) is 1. The summed E-state index contributed by atoms with van der Waals surface area (Å²) < 4.78 is 3.97. The number of nitrogens with zero attached hydrogens (tertiary/aromatic N) is 5. The standard InChI is InChI=1S/C21H19N7O5S3/c1-2-7-33-26-13(16-25-21(22)36-27-16)17(29)24-14-18(30)28-15(20(31)32)11(10-35-19(14)28)5-8-34-12-4-3-6-23-9-12/h2-6,8-9,14,19H,1,7,10H2,(H,24,29)(H,31,32)(H2,22,25,27)/b8-5+,26-13-/t14?,19-/m1/s1. The van der Waals surface area contributed by atoms with Gasteiger partial charge in [0.05, 0.1) is 0 Å². The highest BCUT2D eigenvalue weighted by molar-refractivity contribution is 8.02. The zero-order valence-electron chi connectivity index (χ0n) is 18.4. The van der Waals surface area contributed by atoms with Crippen molar-refractivity contribution in [1.82, 2.24) is 24.6 Å². The maximum Gasteiger partial charge on any atom is 0.352 e. The van der Waals surface area contributed by atoms with Crippen molar-refractivity contribution in [2.75, 3.05) is 18.1 Å². The van der Waals surface area contributed by atoms with Gasteiger partial charge >= 0.3 is 5.97 Å². The van der Waals surface area contributed by atoms with Crippen LogP contribution in [0, 0.1) is 0 Å². The number of rotatable bonds is 10. The Kier molecular flexibility index (Phi) is 8.02. The van der Waals surface area contributed by atoms with Crippen LogP contribution in [0.3, 0.4) is 0 Å². The number of nitrogens with two attached hydrogens (primary N) is 1. The molecule has 186 valence electrons. The number of oxime groups is 1. The monoisotopic (exact) mass is 545 g/mol. The molecule has 0 radical (unpaired) electrons. The van der Waals surface area contributed by atoms with Crippen LogP contribution in [0.25, 0.3) is 0 Å². The Morgan fingerprint density at radius 2 is 2.31 bits per heavy atom. The fourth-order valence-electron chi connectivity index (χ4n) is 3.26. The number of aliphatic carboxylic acids is 1. The van der Waals surface area contributed by atoms with Gasteiger partial charge in [0.15, 0.2) is 5.13 Å². The Labute approximate surface area is 217 Å². The minimum absolute atomic E-state index is 0.0349. The molecule has 4 heterocycles. The summed E-state index contributed by atoms with van der Waals surface area (Å²) in [5, 5.41) is 17.5. The third-order valence-corrected chi connectivity index (χ3v) is 7.44. The first kappa shape index (κ1) is 25.4. The molecule has 0 aromatic carbocycles. The average Bonchev–Trinajstić information content (AvgIpc) is 3.30. The molecule has 2 amide bonds. The zero-order chi connectivity index (χ0) is 25.7. The smallest absolute Gasteiger partial charge is 0.352 e. The lowest BCUT2D eigenvalue weighted by Gasteiger charge is -2.49. The van der Waals surface area contributed by atoms with E-state index in [1.165, 1.54) is 34.5 Å². The summed E-state index contributed by atoms with van der Waals surface area (Å²) >= 11 is 3.59. The fraction of sp³-hybridized carbons (Fsp3) is 0.190. The highest BCUT2D eigenvalue weighted by Gasteiger charge is 2.54. The number of thioether (sulfide) groups is 2. The van der Waals surface area contributed by atoms with Gasteiger partial charge in [-0.2, -0.15) is 9.36 Å². The minimum Gasteiger partial charge on any atom is -0.477 e. The number of fused-ring (bicyclic) bond motifs is 1. The van der Waals surface area contributed by atoms with Crippen LogP contribution >= 0.6 is 35.1 Å². The molecule has 2 atom stereocenters. The molecule has 4 N–H and O–H groups in total. The predicted octanol–water partition coefficient (Wildman–Crippen LogP) is 1.47. The van der Waals surface area contributed by atoms with Crippen LogP contribution in [0.4, 0.5) is 5.13 Å². The number of carbonyl (C=O) groups excluding carboxylic acids is 2. The van der Waals surface area contributed by atoms with Gasteiger partial charge in [0.25, 0.3) is 11.8 Å². The summed E-state index contributed by atoms with van der Waals surface area (Å²) in [5.41, 5.74) is 5.72. The molecule has 1 saturated heterocycles. The number of β-lactam (4-membered cyclic amide) rings is 1. The SMILES string of the molecule is C=CCO/N=C(\C(=O)NC1C(=O)N2C(C(=O)O)=C(/C=C/Sc3cccnc3)CS[C@H]12)c1nsc(N)n1. The molecule has 2 aliphatic heterocycles. The highest BCUT2D eigenvalue weighted by atomic mass is 32.2. The lowest BCUT2D eigenvalue weighted by atomic mass is 10.0. The molecule has 0 saturated carbocycles. The quantitative estimate of drug-likeness (QED) is 0.0985. The Morgan fingerprint density at radius 3 is 2.97 bits per heavy atom. The van der Waals surface area contributed by atoms with Crippen molar-refractivity contribution in [2.24, 2.45) is 5.16 Å². The van der Waals surface area contributed by atoms with Crippen LogP contribution in [0.5, 0.6) is 0 Å². The number of carboxylic acids is 1. The average molecular weight is 546 g/mol. The molecule has 1 unspecified atom stereocenters. The molecule has 2 aromatic rings. The summed E-state index contributed by atoms with van der Waals surface area (Å²) in [6.07, 6.45) is 6.46. The van der Waals surface area contributed by atoms with E-state index in [-0.39, 0.29) is 29.0 Å². The Morgan fingerprint density at radius 1 is 1.47 bits per heavy atom. The van der Waals surface area contributed by atoms with Gasteiger partial charge in [0, 0.05) is 34.6 Å². The number of nitrogen functional groups attached to an aromatic ring is 1. The summed E-state index contributed by atoms with van der Waals surface area (Å²) in [7, 11) is 0. The second-order valence-corrected chi connectivity index (χ2v) is 10.00. The largest absolute Gasteiger partial charge is 0.477 e. The molecule has 15 heteroatoms. The third kappa shape index (κ3) is 5.42. The molecule has 4 rings (SSSR count). The number of allylic oxidation sites excluding steroid dienone is 1. The van der Waals surface area contributed by atoms with Crippen molar-refractivity contribution in [3.05, 3.63) is 65.8 Å². The number of aromatic nitrogens is 3. The summed E-state index contributed by atoms with van der Waals surface area (Å²) in [6.45, 7) is 3.54. The molecule has 1 fully saturated rings. The first-order valence-electron chi connectivity index (χ1n) is 10.3. The van der Waals surface area contributed by atoms with E-state index >= 15 is 0 Å². The molecule has 0 spiro atoms. The number of hydrogen-bond donors (Lipinski definition) is 3. The van der Waals surface area contributed by atoms with Crippen molar-refractivity contribution in [2.45, 2.75) is 16.3 Å². The zero-order valence-corrected chi connectivity index (χ0v) is 20.9. The van der Waals surface area contributed by atoms with Gasteiger partial charge in [0.2, 0.25) is 11.5 Å². The van der Waals surface area contributed by atoms with Crippen LogP contribution < -0.4 is 11.1 Å². The second kappa shape index (κ2) is 11.4. The van der Waals surface area contributed by atoms with Crippen molar-refractivity contribution in [1.29, 1.82) is 0 Å². The van der Waals surface area contributed by atoms with Gasteiger partial charge in [-0.1, -0.05) is 29.6 Å². The molecule has 2 aromatic heterocycles. The number of anilines is 1. The van der Waals surface area contributed by atoms with Crippen molar-refractivity contribution < 1.29 is 24.3 Å². The lowest BCUT2D eigenvalue weighted by Crippen LogP contribution is -2.71. The molecule has 0 bridgehead atoms. The van der Waals surface area contributed by atoms with Gasteiger partial charge in [-0.05, 0) is 29.2 Å². The first-order valence-corrected chi connectivity index (χ1v) is 13.0. The van der Waals surface area contributed by atoms with Crippen LogP contribution in [-0.2, 0) is 19.2 Å². The highest BCUT2D eigenvalue weighted by Crippen LogP contribution is 2.41. The molecule has 2 aliphatic rings. The van der Waals surface area contributed by atoms with E-state index < -0.39 is 29.2 Å². The molecule has 12 nitrogen and oxygen atoms in total. The van der Waals surface area contributed by atoms with Crippen LogP contribution in [-0.4, -0.2) is 71.6 Å². The van der Waals surface area contributed by atoms with E-state index in [0.717, 1.165) is 16.4 Å². The molecule has 0 aliphatic carbocycles. The van der Waals surface area contributed by atoms with Crippen LogP contribution in [0.2, 0.25) is 0 Å². The Balaban J connectivity index is 1.49.